The van der Waals surface area contributed by atoms with Crippen molar-refractivity contribution in [3.05, 3.63) is 0 Å². The summed E-state index contributed by atoms with van der Waals surface area (Å²) in [6, 6.07) is 0. The fraction of sp³-hybridized carbons (Fsp3) is 0.917. The number of hydrogen-bond acceptors (Lipinski definition) is 3. The van der Waals surface area contributed by atoms with E-state index in [0.29, 0.717) is 25.5 Å². The smallest absolute Gasteiger partial charge is 0.306 e. The second-order valence-corrected chi connectivity index (χ2v) is 4.51. The van der Waals surface area contributed by atoms with E-state index in [2.05, 4.69) is 20.8 Å². The maximum absolute atomic E-state index is 11.4. The molecule has 3 nitrogen and oxygen atoms in total. The van der Waals surface area contributed by atoms with Crippen molar-refractivity contribution < 1.29 is 9.53 Å². The average molecular weight is 215 g/mol. The predicted octanol–water partition coefficient (Wildman–Crippen LogP) is 2.34. The molecule has 1 atom stereocenters. The van der Waals surface area contributed by atoms with Crippen LogP contribution in [0.25, 0.3) is 0 Å². The van der Waals surface area contributed by atoms with Crippen molar-refractivity contribution in [2.75, 3.05) is 13.2 Å². The second kappa shape index (κ2) is 8.72. The van der Waals surface area contributed by atoms with Crippen molar-refractivity contribution >= 4 is 5.97 Å². The number of hydrogen-bond donors (Lipinski definition) is 1. The molecule has 0 aromatic carbocycles. The summed E-state index contributed by atoms with van der Waals surface area (Å²) in [5, 5.41) is 0. The van der Waals surface area contributed by atoms with Crippen LogP contribution in [0.4, 0.5) is 0 Å². The summed E-state index contributed by atoms with van der Waals surface area (Å²) in [4.78, 5) is 11.4. The third kappa shape index (κ3) is 8.43. The van der Waals surface area contributed by atoms with Gasteiger partial charge in [0, 0.05) is 6.42 Å². The molecule has 0 aliphatic rings. The number of unbranched alkanes of at least 4 members (excludes halogenated alkanes) is 1. The second-order valence-electron chi connectivity index (χ2n) is 4.51. The summed E-state index contributed by atoms with van der Waals surface area (Å²) in [6.45, 7) is 7.49. The molecule has 15 heavy (non-hydrogen) atoms. The summed E-state index contributed by atoms with van der Waals surface area (Å²) in [6.07, 6.45) is 3.47. The Morgan fingerprint density at radius 3 is 2.53 bits per heavy atom. The molecule has 0 heterocycles. The Balaban J connectivity index is 3.70. The van der Waals surface area contributed by atoms with E-state index in [1.807, 2.05) is 0 Å². The van der Waals surface area contributed by atoms with Gasteiger partial charge < -0.3 is 10.5 Å². The molecule has 0 amide bonds. The zero-order chi connectivity index (χ0) is 11.7. The van der Waals surface area contributed by atoms with E-state index >= 15 is 0 Å². The minimum absolute atomic E-state index is 0.0976. The number of ether oxygens (including phenoxy) is 1. The van der Waals surface area contributed by atoms with Crippen molar-refractivity contribution in [2.45, 2.75) is 46.5 Å². The highest BCUT2D eigenvalue weighted by Gasteiger charge is 2.14. The summed E-state index contributed by atoms with van der Waals surface area (Å²) in [5.41, 5.74) is 5.62. The molecule has 0 bridgehead atoms. The Kier molecular flexibility index (Phi) is 8.38. The lowest BCUT2D eigenvalue weighted by Gasteiger charge is -2.15. The first-order valence-electron chi connectivity index (χ1n) is 5.95. The summed E-state index contributed by atoms with van der Waals surface area (Å²) < 4.78 is 5.10. The fourth-order valence-electron chi connectivity index (χ4n) is 1.55. The zero-order valence-electron chi connectivity index (χ0n) is 10.3. The van der Waals surface area contributed by atoms with E-state index in [1.54, 1.807) is 0 Å². The fourth-order valence-corrected chi connectivity index (χ4v) is 1.55. The van der Waals surface area contributed by atoms with Crippen LogP contribution in [0.15, 0.2) is 0 Å². The maximum atomic E-state index is 11.4. The molecule has 3 heteroatoms. The lowest BCUT2D eigenvalue weighted by atomic mass is 9.94. The van der Waals surface area contributed by atoms with Crippen LogP contribution in [0.5, 0.6) is 0 Å². The van der Waals surface area contributed by atoms with Gasteiger partial charge in [-0.05, 0) is 31.2 Å². The maximum Gasteiger partial charge on any atom is 0.306 e. The number of esters is 1. The molecule has 90 valence electrons. The van der Waals surface area contributed by atoms with Gasteiger partial charge >= 0.3 is 5.97 Å². The monoisotopic (exact) mass is 215 g/mol. The molecule has 0 radical (unpaired) electrons. The van der Waals surface area contributed by atoms with Crippen molar-refractivity contribution in [2.24, 2.45) is 17.6 Å². The molecule has 1 unspecified atom stereocenters. The first-order valence-corrected chi connectivity index (χ1v) is 5.95. The molecule has 0 saturated carbocycles. The highest BCUT2D eigenvalue weighted by Crippen LogP contribution is 2.14. The number of nitrogens with two attached hydrogens (primary N) is 1. The van der Waals surface area contributed by atoms with Gasteiger partial charge in [-0.1, -0.05) is 27.2 Å². The van der Waals surface area contributed by atoms with E-state index in [4.69, 9.17) is 10.5 Å². The third-order valence-electron chi connectivity index (χ3n) is 2.35. The van der Waals surface area contributed by atoms with Crippen molar-refractivity contribution in [3.8, 4) is 0 Å². The van der Waals surface area contributed by atoms with Gasteiger partial charge in [-0.25, -0.2) is 0 Å². The van der Waals surface area contributed by atoms with Gasteiger partial charge in [-0.2, -0.15) is 0 Å². The quantitative estimate of drug-likeness (QED) is 0.499. The van der Waals surface area contributed by atoms with Gasteiger partial charge in [0.05, 0.1) is 6.61 Å². The van der Waals surface area contributed by atoms with E-state index in [1.165, 1.54) is 0 Å². The molecule has 0 aromatic rings. The molecular formula is C12H25NO2. The molecular weight excluding hydrogens is 190 g/mol. The number of carbonyl (C=O) groups excluding carboxylic acids is 1. The highest BCUT2D eigenvalue weighted by molar-refractivity contribution is 5.69. The Morgan fingerprint density at radius 2 is 2.07 bits per heavy atom. The van der Waals surface area contributed by atoms with Crippen LogP contribution in [0.1, 0.15) is 46.5 Å². The van der Waals surface area contributed by atoms with Crippen LogP contribution >= 0.6 is 0 Å². The molecule has 2 N–H and O–H groups in total. The van der Waals surface area contributed by atoms with Crippen molar-refractivity contribution in [3.63, 3.8) is 0 Å². The van der Waals surface area contributed by atoms with Gasteiger partial charge in [0.1, 0.15) is 0 Å². The van der Waals surface area contributed by atoms with Crippen molar-refractivity contribution in [1.82, 2.24) is 0 Å². The lowest BCUT2D eigenvalue weighted by molar-refractivity contribution is -0.144. The standard InChI is InChI=1S/C12H25NO2/c1-4-5-6-15-12(14)8-11(9-13)7-10(2)3/h10-11H,4-9,13H2,1-3H3. The first-order chi connectivity index (χ1) is 7.10. The molecule has 0 saturated heterocycles. The zero-order valence-corrected chi connectivity index (χ0v) is 10.3. The van der Waals surface area contributed by atoms with Gasteiger partial charge in [0.25, 0.3) is 0 Å². The highest BCUT2D eigenvalue weighted by atomic mass is 16.5. The van der Waals surface area contributed by atoms with Gasteiger partial charge in [-0.15, -0.1) is 0 Å². The Bertz CT molecular complexity index is 169. The Morgan fingerprint density at radius 1 is 1.40 bits per heavy atom. The van der Waals surface area contributed by atoms with Crippen molar-refractivity contribution in [1.29, 1.82) is 0 Å². The van der Waals surface area contributed by atoms with Crippen LogP contribution < -0.4 is 5.73 Å². The molecule has 0 aliphatic carbocycles. The Hall–Kier alpha value is -0.570. The first kappa shape index (κ1) is 14.4. The van der Waals surface area contributed by atoms with E-state index in [0.717, 1.165) is 19.3 Å². The number of carbonyl (C=O) groups is 1. The van der Waals surface area contributed by atoms with Gasteiger partial charge in [-0.3, -0.25) is 4.79 Å². The Labute approximate surface area is 93.4 Å². The van der Waals surface area contributed by atoms with Gasteiger partial charge in [0.15, 0.2) is 0 Å². The largest absolute Gasteiger partial charge is 0.466 e. The molecule has 0 aromatic heterocycles. The molecule has 0 rings (SSSR count). The lowest BCUT2D eigenvalue weighted by Crippen LogP contribution is -2.21. The molecule has 0 fully saturated rings. The van der Waals surface area contributed by atoms with Crippen LogP contribution in [-0.2, 0) is 9.53 Å². The minimum Gasteiger partial charge on any atom is -0.466 e. The third-order valence-corrected chi connectivity index (χ3v) is 2.35. The molecule has 0 spiro atoms. The predicted molar refractivity (Wildman–Crippen MR) is 62.5 cm³/mol. The normalized spacial score (nSPS) is 12.9. The number of rotatable bonds is 8. The molecule has 0 aliphatic heterocycles. The van der Waals surface area contributed by atoms with Crippen LogP contribution in [0.2, 0.25) is 0 Å². The average Bonchev–Trinajstić information content (AvgIpc) is 2.16. The van der Waals surface area contributed by atoms with Crippen LogP contribution in [-0.4, -0.2) is 19.1 Å². The summed E-state index contributed by atoms with van der Waals surface area (Å²) in [5.74, 6) is 0.765. The van der Waals surface area contributed by atoms with E-state index in [9.17, 15) is 4.79 Å². The summed E-state index contributed by atoms with van der Waals surface area (Å²) in [7, 11) is 0. The van der Waals surface area contributed by atoms with E-state index < -0.39 is 0 Å². The van der Waals surface area contributed by atoms with E-state index in [-0.39, 0.29) is 11.9 Å². The minimum atomic E-state index is -0.0976. The summed E-state index contributed by atoms with van der Waals surface area (Å²) >= 11 is 0. The van der Waals surface area contributed by atoms with Crippen LogP contribution in [0, 0.1) is 11.8 Å². The van der Waals surface area contributed by atoms with Crippen LogP contribution in [0.3, 0.4) is 0 Å². The van der Waals surface area contributed by atoms with Gasteiger partial charge in [0.2, 0.25) is 0 Å². The topological polar surface area (TPSA) is 52.3 Å². The SMILES string of the molecule is CCCCOC(=O)CC(CN)CC(C)C.